The van der Waals surface area contributed by atoms with Crippen LogP contribution in [0.25, 0.3) is 6.08 Å². The van der Waals surface area contributed by atoms with Gasteiger partial charge in [0.2, 0.25) is 0 Å². The molecule has 19 heavy (non-hydrogen) atoms. The third-order valence-corrected chi connectivity index (χ3v) is 2.97. The van der Waals surface area contributed by atoms with Crippen molar-refractivity contribution in [3.05, 3.63) is 35.5 Å². The summed E-state index contributed by atoms with van der Waals surface area (Å²) >= 11 is 5.00. The maximum Gasteiger partial charge on any atom is 0.276 e. The van der Waals surface area contributed by atoms with E-state index in [0.717, 1.165) is 5.56 Å². The second-order valence-electron chi connectivity index (χ2n) is 3.91. The lowest BCUT2D eigenvalue weighted by atomic mass is 10.2. The van der Waals surface area contributed by atoms with Crippen molar-refractivity contribution in [2.45, 2.75) is 0 Å². The number of likely N-dealkylation sites (N-methyl/N-ethyl adjacent to an activating group) is 1. The number of nitrogens with one attached hydrogen (secondary N) is 1. The minimum absolute atomic E-state index is 0.141. The zero-order valence-corrected chi connectivity index (χ0v) is 11.2. The quantitative estimate of drug-likeness (QED) is 0.513. The molecule has 4 nitrogen and oxygen atoms in total. The largest absolute Gasteiger partial charge is 0.481 e. The van der Waals surface area contributed by atoms with Gasteiger partial charge in [-0.15, -0.1) is 6.42 Å². The van der Waals surface area contributed by atoms with Gasteiger partial charge < -0.3 is 10.1 Å². The van der Waals surface area contributed by atoms with Crippen LogP contribution in [0.4, 0.5) is 0 Å². The van der Waals surface area contributed by atoms with Crippen LogP contribution in [-0.4, -0.2) is 29.6 Å². The molecule has 96 valence electrons. The molecule has 1 aromatic carbocycles. The van der Waals surface area contributed by atoms with E-state index in [0.29, 0.717) is 16.6 Å². The van der Waals surface area contributed by atoms with Crippen molar-refractivity contribution in [3.63, 3.8) is 0 Å². The Hall–Kier alpha value is -2.32. The maximum atomic E-state index is 11.8. The van der Waals surface area contributed by atoms with E-state index in [2.05, 4.69) is 11.2 Å². The zero-order valence-electron chi connectivity index (χ0n) is 10.3. The van der Waals surface area contributed by atoms with Crippen LogP contribution in [0.5, 0.6) is 5.75 Å². The van der Waals surface area contributed by atoms with Gasteiger partial charge in [0.1, 0.15) is 18.1 Å². The molecule has 0 unspecified atom stereocenters. The highest BCUT2D eigenvalue weighted by atomic mass is 32.1. The molecule has 0 bridgehead atoms. The fourth-order valence-electron chi connectivity index (χ4n) is 1.58. The normalized spacial score (nSPS) is 16.4. The van der Waals surface area contributed by atoms with Crippen LogP contribution in [0.1, 0.15) is 5.56 Å². The molecule has 0 aromatic heterocycles. The molecule has 0 radical (unpaired) electrons. The molecule has 2 rings (SSSR count). The third kappa shape index (κ3) is 2.92. The molecule has 1 N–H and O–H groups in total. The van der Waals surface area contributed by atoms with Gasteiger partial charge in [0, 0.05) is 7.05 Å². The standard InChI is InChI=1S/C14H12N2O2S/c1-3-8-18-11-6-4-10(5-7-11)9-12-13(17)16(2)14(19)15-12/h1,4-7,9H,8H2,2H3,(H,15,19). The first-order chi connectivity index (χ1) is 9.11. The second-order valence-corrected chi connectivity index (χ2v) is 4.30. The lowest BCUT2D eigenvalue weighted by molar-refractivity contribution is -0.121. The fraction of sp³-hybridized carbons (Fsp3) is 0.143. The number of benzene rings is 1. The van der Waals surface area contributed by atoms with Crippen molar-refractivity contribution in [2.24, 2.45) is 0 Å². The molecule has 1 saturated heterocycles. The summed E-state index contributed by atoms with van der Waals surface area (Å²) in [4.78, 5) is 13.2. The van der Waals surface area contributed by atoms with Gasteiger partial charge in [-0.25, -0.2) is 0 Å². The highest BCUT2D eigenvalue weighted by molar-refractivity contribution is 7.80. The van der Waals surface area contributed by atoms with E-state index in [9.17, 15) is 4.79 Å². The Bertz CT molecular complexity index is 584. The van der Waals surface area contributed by atoms with Crippen molar-refractivity contribution in [2.75, 3.05) is 13.7 Å². The van der Waals surface area contributed by atoms with Crippen LogP contribution < -0.4 is 10.1 Å². The molecule has 1 aromatic rings. The monoisotopic (exact) mass is 272 g/mol. The Labute approximate surface area is 117 Å². The van der Waals surface area contributed by atoms with Crippen LogP contribution in [0, 0.1) is 12.3 Å². The van der Waals surface area contributed by atoms with Crippen molar-refractivity contribution >= 4 is 29.3 Å². The lowest BCUT2D eigenvalue weighted by Gasteiger charge is -2.03. The smallest absolute Gasteiger partial charge is 0.276 e. The van der Waals surface area contributed by atoms with Gasteiger partial charge in [0.05, 0.1) is 0 Å². The number of thiocarbonyl (C=S) groups is 1. The summed E-state index contributed by atoms with van der Waals surface area (Å²) in [6.45, 7) is 0.236. The minimum Gasteiger partial charge on any atom is -0.481 e. The molecule has 1 fully saturated rings. The SMILES string of the molecule is C#CCOc1ccc(C=C2NC(=S)N(C)C2=O)cc1. The van der Waals surface area contributed by atoms with E-state index >= 15 is 0 Å². The van der Waals surface area contributed by atoms with Crippen molar-refractivity contribution in [1.82, 2.24) is 10.2 Å². The zero-order chi connectivity index (χ0) is 13.8. The van der Waals surface area contributed by atoms with Crippen molar-refractivity contribution < 1.29 is 9.53 Å². The molecule has 1 aliphatic rings. The minimum atomic E-state index is -0.141. The first-order valence-corrected chi connectivity index (χ1v) is 5.99. The number of hydrogen-bond acceptors (Lipinski definition) is 3. The van der Waals surface area contributed by atoms with Gasteiger partial charge in [-0.1, -0.05) is 18.1 Å². The Morgan fingerprint density at radius 2 is 2.16 bits per heavy atom. The predicted octanol–water partition coefficient (Wildman–Crippen LogP) is 1.39. The van der Waals surface area contributed by atoms with Crippen LogP contribution in [0.15, 0.2) is 30.0 Å². The van der Waals surface area contributed by atoms with Gasteiger partial charge in [0.15, 0.2) is 5.11 Å². The number of rotatable bonds is 3. The number of carbonyl (C=O) groups is 1. The van der Waals surface area contributed by atoms with Crippen LogP contribution in [-0.2, 0) is 4.79 Å². The number of ether oxygens (including phenoxy) is 1. The first-order valence-electron chi connectivity index (χ1n) is 5.59. The molecule has 1 heterocycles. The van der Waals surface area contributed by atoms with Crippen molar-refractivity contribution in [3.8, 4) is 18.1 Å². The summed E-state index contributed by atoms with van der Waals surface area (Å²) in [6.07, 6.45) is 6.85. The summed E-state index contributed by atoms with van der Waals surface area (Å²) in [6, 6.07) is 7.28. The van der Waals surface area contributed by atoms with Gasteiger partial charge in [-0.3, -0.25) is 9.69 Å². The average molecular weight is 272 g/mol. The number of amides is 1. The summed E-state index contributed by atoms with van der Waals surface area (Å²) in [7, 11) is 1.63. The van der Waals surface area contributed by atoms with E-state index < -0.39 is 0 Å². The highest BCUT2D eigenvalue weighted by Gasteiger charge is 2.26. The fourth-order valence-corrected chi connectivity index (χ4v) is 1.77. The van der Waals surface area contributed by atoms with Gasteiger partial charge in [0.25, 0.3) is 5.91 Å². The highest BCUT2D eigenvalue weighted by Crippen LogP contribution is 2.16. The molecule has 0 atom stereocenters. The topological polar surface area (TPSA) is 41.6 Å². The maximum absolute atomic E-state index is 11.8. The molecule has 0 aliphatic carbocycles. The number of terminal acetylenes is 1. The van der Waals surface area contributed by atoms with E-state index in [1.165, 1.54) is 4.90 Å². The molecule has 5 heteroatoms. The third-order valence-electron chi connectivity index (χ3n) is 2.59. The summed E-state index contributed by atoms with van der Waals surface area (Å²) < 4.78 is 5.27. The van der Waals surface area contributed by atoms with E-state index in [-0.39, 0.29) is 12.5 Å². The first kappa shape index (κ1) is 13.1. The molecule has 0 saturated carbocycles. The van der Waals surface area contributed by atoms with E-state index in [1.54, 1.807) is 25.3 Å². The number of hydrogen-bond donors (Lipinski definition) is 1. The summed E-state index contributed by atoms with van der Waals surface area (Å²) in [5.41, 5.74) is 1.34. The second kappa shape index (κ2) is 5.55. The average Bonchev–Trinajstić information content (AvgIpc) is 2.66. The Balaban J connectivity index is 2.14. The van der Waals surface area contributed by atoms with Gasteiger partial charge >= 0.3 is 0 Å². The number of nitrogens with zero attached hydrogens (tertiary/aromatic N) is 1. The predicted molar refractivity (Wildman–Crippen MR) is 77.3 cm³/mol. The Kier molecular flexibility index (Phi) is 3.83. The summed E-state index contributed by atoms with van der Waals surface area (Å²) in [5, 5.41) is 3.27. The summed E-state index contributed by atoms with van der Waals surface area (Å²) in [5.74, 6) is 2.95. The molecule has 1 aliphatic heterocycles. The molecule has 1 amide bonds. The Morgan fingerprint density at radius 1 is 1.47 bits per heavy atom. The van der Waals surface area contributed by atoms with Gasteiger partial charge in [-0.05, 0) is 36.0 Å². The van der Waals surface area contributed by atoms with Crippen LogP contribution >= 0.6 is 12.2 Å². The van der Waals surface area contributed by atoms with E-state index in [4.69, 9.17) is 23.4 Å². The van der Waals surface area contributed by atoms with Gasteiger partial charge in [-0.2, -0.15) is 0 Å². The molecular formula is C14H12N2O2S. The Morgan fingerprint density at radius 3 is 2.68 bits per heavy atom. The lowest BCUT2D eigenvalue weighted by Crippen LogP contribution is -2.25. The van der Waals surface area contributed by atoms with E-state index in [1.807, 2.05) is 12.1 Å². The van der Waals surface area contributed by atoms with Crippen molar-refractivity contribution in [1.29, 1.82) is 0 Å². The molecular weight excluding hydrogens is 260 g/mol. The molecule has 0 spiro atoms. The van der Waals surface area contributed by atoms with Crippen LogP contribution in [0.3, 0.4) is 0 Å². The number of carbonyl (C=O) groups excluding carboxylic acids is 1. The van der Waals surface area contributed by atoms with Crippen LogP contribution in [0.2, 0.25) is 0 Å².